The number of nitrogens with one attached hydrogen (secondary N) is 1. The normalized spacial score (nSPS) is 18.4. The summed E-state index contributed by atoms with van der Waals surface area (Å²) in [5.74, 6) is -1.31. The van der Waals surface area contributed by atoms with Gasteiger partial charge in [0.25, 0.3) is 11.8 Å². The molecular formula is C15H15F3N4O2. The summed E-state index contributed by atoms with van der Waals surface area (Å²) >= 11 is 0. The summed E-state index contributed by atoms with van der Waals surface area (Å²) in [5, 5.41) is 0.735. The molecule has 1 N–H and O–H groups in total. The van der Waals surface area contributed by atoms with E-state index in [9.17, 15) is 22.8 Å². The minimum Gasteiger partial charge on any atom is -0.356 e. The standard InChI is InChI=1S/C15H15F3N4O2/c1-9-8-12(23)22(14(9)24)20-11-5-4-10(15(16,17)18)13(19-11)21-6-2-3-7-21/h4-5,8H,2-3,6-7H2,1H3,(H,19,20). The molecule has 0 aromatic carbocycles. The maximum atomic E-state index is 13.2. The number of carbonyl (C=O) groups excluding carboxylic acids is 2. The fourth-order valence-electron chi connectivity index (χ4n) is 2.71. The number of alkyl halides is 3. The number of amides is 2. The lowest BCUT2D eigenvalue weighted by atomic mass is 10.2. The van der Waals surface area contributed by atoms with Gasteiger partial charge < -0.3 is 4.90 Å². The summed E-state index contributed by atoms with van der Waals surface area (Å²) < 4.78 is 39.6. The van der Waals surface area contributed by atoms with E-state index in [0.717, 1.165) is 36.1 Å². The maximum absolute atomic E-state index is 13.2. The number of imide groups is 1. The van der Waals surface area contributed by atoms with Crippen LogP contribution < -0.4 is 10.3 Å². The minimum atomic E-state index is -4.53. The number of nitrogens with zero attached hydrogens (tertiary/aromatic N) is 3. The van der Waals surface area contributed by atoms with Crippen molar-refractivity contribution in [2.24, 2.45) is 0 Å². The molecule has 0 bridgehead atoms. The Morgan fingerprint density at radius 2 is 1.83 bits per heavy atom. The SMILES string of the molecule is CC1=CC(=O)N(Nc2ccc(C(F)(F)F)c(N3CCCC3)n2)C1=O. The molecule has 128 valence electrons. The highest BCUT2D eigenvalue weighted by Crippen LogP contribution is 2.37. The quantitative estimate of drug-likeness (QED) is 0.856. The van der Waals surface area contributed by atoms with Gasteiger partial charge >= 0.3 is 6.18 Å². The van der Waals surface area contributed by atoms with Crippen molar-refractivity contribution in [2.75, 3.05) is 23.4 Å². The third-order valence-electron chi connectivity index (χ3n) is 3.91. The highest BCUT2D eigenvalue weighted by atomic mass is 19.4. The summed E-state index contributed by atoms with van der Waals surface area (Å²) in [5.41, 5.74) is 1.91. The first-order valence-corrected chi connectivity index (χ1v) is 7.44. The molecule has 1 saturated heterocycles. The lowest BCUT2D eigenvalue weighted by Gasteiger charge is -2.23. The topological polar surface area (TPSA) is 65.5 Å². The van der Waals surface area contributed by atoms with Gasteiger partial charge in [0.15, 0.2) is 0 Å². The van der Waals surface area contributed by atoms with Gasteiger partial charge in [-0.1, -0.05) is 0 Å². The van der Waals surface area contributed by atoms with Crippen molar-refractivity contribution in [3.63, 3.8) is 0 Å². The van der Waals surface area contributed by atoms with Gasteiger partial charge in [-0.2, -0.15) is 18.2 Å². The van der Waals surface area contributed by atoms with Gasteiger partial charge in [-0.3, -0.25) is 15.0 Å². The molecule has 2 aliphatic heterocycles. The maximum Gasteiger partial charge on any atom is 0.419 e. The van der Waals surface area contributed by atoms with Crippen molar-refractivity contribution in [2.45, 2.75) is 25.9 Å². The van der Waals surface area contributed by atoms with Crippen molar-refractivity contribution in [3.8, 4) is 0 Å². The van der Waals surface area contributed by atoms with E-state index in [0.29, 0.717) is 13.1 Å². The Labute approximate surface area is 135 Å². The van der Waals surface area contributed by atoms with E-state index < -0.39 is 23.6 Å². The second-order valence-electron chi connectivity index (χ2n) is 5.68. The first-order chi connectivity index (χ1) is 11.3. The van der Waals surface area contributed by atoms with Crippen molar-refractivity contribution in [1.82, 2.24) is 9.99 Å². The average molecular weight is 340 g/mol. The number of halogens is 3. The molecule has 24 heavy (non-hydrogen) atoms. The molecule has 0 radical (unpaired) electrons. The number of hydrogen-bond donors (Lipinski definition) is 1. The number of hydrazine groups is 1. The van der Waals surface area contributed by atoms with Crippen LogP contribution in [0.15, 0.2) is 23.8 Å². The van der Waals surface area contributed by atoms with Crippen molar-refractivity contribution in [3.05, 3.63) is 29.3 Å². The van der Waals surface area contributed by atoms with E-state index in [-0.39, 0.29) is 17.2 Å². The zero-order chi connectivity index (χ0) is 17.5. The minimum absolute atomic E-state index is 0.00898. The van der Waals surface area contributed by atoms with E-state index in [4.69, 9.17) is 0 Å². The predicted molar refractivity (Wildman–Crippen MR) is 79.9 cm³/mol. The Hall–Kier alpha value is -2.58. The molecule has 0 aliphatic carbocycles. The number of carbonyl (C=O) groups is 2. The van der Waals surface area contributed by atoms with Gasteiger partial charge in [0.1, 0.15) is 11.6 Å². The van der Waals surface area contributed by atoms with Gasteiger partial charge in [0.2, 0.25) is 0 Å². The monoisotopic (exact) mass is 340 g/mol. The Morgan fingerprint density at radius 1 is 1.17 bits per heavy atom. The predicted octanol–water partition coefficient (Wildman–Crippen LogP) is 2.34. The van der Waals surface area contributed by atoms with Crippen LogP contribution >= 0.6 is 0 Å². The van der Waals surface area contributed by atoms with Crippen LogP contribution in [0.25, 0.3) is 0 Å². The van der Waals surface area contributed by atoms with Crippen LogP contribution in [0.1, 0.15) is 25.3 Å². The number of pyridine rings is 1. The third-order valence-corrected chi connectivity index (χ3v) is 3.91. The van der Waals surface area contributed by atoms with Crippen LogP contribution in [0.2, 0.25) is 0 Å². The van der Waals surface area contributed by atoms with Gasteiger partial charge in [0.05, 0.1) is 5.56 Å². The largest absolute Gasteiger partial charge is 0.419 e. The van der Waals surface area contributed by atoms with E-state index in [1.165, 1.54) is 6.92 Å². The molecule has 3 rings (SSSR count). The highest BCUT2D eigenvalue weighted by molar-refractivity contribution is 6.16. The first kappa shape index (κ1) is 16.3. The van der Waals surface area contributed by atoms with Crippen LogP contribution in [0.3, 0.4) is 0 Å². The number of rotatable bonds is 3. The Kier molecular flexibility index (Phi) is 3.94. The summed E-state index contributed by atoms with van der Waals surface area (Å²) in [7, 11) is 0. The van der Waals surface area contributed by atoms with E-state index >= 15 is 0 Å². The van der Waals surface area contributed by atoms with E-state index in [1.54, 1.807) is 4.90 Å². The van der Waals surface area contributed by atoms with Gasteiger partial charge in [0, 0.05) is 24.7 Å². The fraction of sp³-hybridized carbons (Fsp3) is 0.400. The average Bonchev–Trinajstić information content (AvgIpc) is 3.11. The van der Waals surface area contributed by atoms with Crippen molar-refractivity contribution in [1.29, 1.82) is 0 Å². The van der Waals surface area contributed by atoms with E-state index in [2.05, 4.69) is 10.4 Å². The lowest BCUT2D eigenvalue weighted by molar-refractivity contribution is -0.138. The molecule has 0 spiro atoms. The van der Waals surface area contributed by atoms with Gasteiger partial charge in [-0.15, -0.1) is 0 Å². The van der Waals surface area contributed by atoms with Crippen molar-refractivity contribution < 1.29 is 22.8 Å². The Morgan fingerprint density at radius 3 is 2.38 bits per heavy atom. The summed E-state index contributed by atoms with van der Waals surface area (Å²) in [4.78, 5) is 29.1. The molecule has 1 aromatic rings. The second-order valence-corrected chi connectivity index (χ2v) is 5.68. The molecule has 1 fully saturated rings. The summed E-state index contributed by atoms with van der Waals surface area (Å²) in [6.45, 7) is 2.46. The molecule has 9 heteroatoms. The molecule has 1 aromatic heterocycles. The summed E-state index contributed by atoms with van der Waals surface area (Å²) in [6, 6.07) is 2.02. The zero-order valence-corrected chi connectivity index (χ0v) is 12.9. The molecule has 0 unspecified atom stereocenters. The highest BCUT2D eigenvalue weighted by Gasteiger charge is 2.37. The first-order valence-electron chi connectivity index (χ1n) is 7.44. The number of aromatic nitrogens is 1. The summed E-state index contributed by atoms with van der Waals surface area (Å²) in [6.07, 6.45) is -1.78. The second kappa shape index (κ2) is 5.81. The van der Waals surface area contributed by atoms with Crippen LogP contribution in [0, 0.1) is 0 Å². The third kappa shape index (κ3) is 2.93. The molecule has 6 nitrogen and oxygen atoms in total. The van der Waals surface area contributed by atoms with Crippen molar-refractivity contribution >= 4 is 23.5 Å². The molecular weight excluding hydrogens is 325 g/mol. The Bertz CT molecular complexity index is 724. The lowest BCUT2D eigenvalue weighted by Crippen LogP contribution is -2.37. The Balaban J connectivity index is 1.91. The fourth-order valence-corrected chi connectivity index (χ4v) is 2.71. The molecule has 2 amide bonds. The molecule has 2 aliphatic rings. The molecule has 3 heterocycles. The van der Waals surface area contributed by atoms with Crippen LogP contribution in [0.5, 0.6) is 0 Å². The van der Waals surface area contributed by atoms with Gasteiger partial charge in [-0.05, 0) is 31.9 Å². The zero-order valence-electron chi connectivity index (χ0n) is 12.9. The number of anilines is 2. The van der Waals surface area contributed by atoms with Crippen LogP contribution in [-0.4, -0.2) is 34.9 Å². The van der Waals surface area contributed by atoms with E-state index in [1.807, 2.05) is 0 Å². The molecule has 0 atom stereocenters. The molecule has 0 saturated carbocycles. The number of hydrogen-bond acceptors (Lipinski definition) is 5. The smallest absolute Gasteiger partial charge is 0.356 e. The van der Waals surface area contributed by atoms with Crippen LogP contribution in [-0.2, 0) is 15.8 Å². The van der Waals surface area contributed by atoms with Gasteiger partial charge in [-0.25, -0.2) is 4.98 Å². The van der Waals surface area contributed by atoms with Crippen LogP contribution in [0.4, 0.5) is 24.8 Å².